The molecule has 0 radical (unpaired) electrons. The Hall–Kier alpha value is -3.67. The molecule has 2 aliphatic rings. The van der Waals surface area contributed by atoms with E-state index < -0.39 is 24.7 Å². The number of carbonyl (C=O) groups is 1. The maximum Gasteiger partial charge on any atom is 0.488 e. The van der Waals surface area contributed by atoms with Gasteiger partial charge in [0.05, 0.1) is 11.8 Å². The van der Waals surface area contributed by atoms with Crippen molar-refractivity contribution in [1.29, 1.82) is 0 Å². The highest BCUT2D eigenvalue weighted by atomic mass is 19.4. The van der Waals surface area contributed by atoms with Crippen molar-refractivity contribution in [3.05, 3.63) is 59.9 Å². The van der Waals surface area contributed by atoms with E-state index in [1.807, 2.05) is 0 Å². The van der Waals surface area contributed by atoms with Gasteiger partial charge in [-0.25, -0.2) is 19.2 Å². The van der Waals surface area contributed by atoms with Gasteiger partial charge in [0, 0.05) is 32.9 Å². The summed E-state index contributed by atoms with van der Waals surface area (Å²) >= 11 is 0. The van der Waals surface area contributed by atoms with E-state index in [4.69, 9.17) is 4.42 Å². The van der Waals surface area contributed by atoms with Crippen LogP contribution in [0.2, 0.25) is 0 Å². The van der Waals surface area contributed by atoms with E-state index in [0.717, 1.165) is 12.3 Å². The van der Waals surface area contributed by atoms with Gasteiger partial charge in [0.25, 0.3) is 11.7 Å². The summed E-state index contributed by atoms with van der Waals surface area (Å²) in [4.78, 5) is 22.1. The van der Waals surface area contributed by atoms with Crippen LogP contribution in [-0.4, -0.2) is 53.6 Å². The number of likely N-dealkylation sites (N-methyl/N-ethyl adjacent to an activating group) is 1. The summed E-state index contributed by atoms with van der Waals surface area (Å²) in [5.41, 5.74) is 0.381. The smallest absolute Gasteiger partial charge is 0.441 e. The molecule has 0 bridgehead atoms. The number of oxazole rings is 1. The summed E-state index contributed by atoms with van der Waals surface area (Å²) in [6.45, 7) is 1.13. The molecule has 32 heavy (non-hydrogen) atoms. The molecule has 168 valence electrons. The second-order valence-electron chi connectivity index (χ2n) is 7.42. The maximum atomic E-state index is 14.7. The van der Waals surface area contributed by atoms with Crippen LogP contribution < -0.4 is 10.2 Å². The fraction of sp³-hybridized carbons (Fsp3) is 0.250. The number of amides is 1. The molecule has 1 amide bonds. The molecular weight excluding hydrogens is 432 g/mol. The number of nitrogens with zero attached hydrogens (tertiary/aromatic N) is 4. The van der Waals surface area contributed by atoms with Crippen LogP contribution in [0.4, 0.5) is 23.2 Å². The molecule has 4 rings (SSSR count). The highest BCUT2D eigenvalue weighted by Crippen LogP contribution is 2.28. The number of aromatic nitrogens is 1. The predicted molar refractivity (Wildman–Crippen MR) is 106 cm³/mol. The van der Waals surface area contributed by atoms with Crippen molar-refractivity contribution in [2.24, 2.45) is 4.99 Å². The summed E-state index contributed by atoms with van der Waals surface area (Å²) in [5, 5.41) is 2.79. The highest BCUT2D eigenvalue weighted by molar-refractivity contribution is 6.03. The van der Waals surface area contributed by atoms with Gasteiger partial charge in [0.2, 0.25) is 0 Å². The van der Waals surface area contributed by atoms with Crippen LogP contribution in [0.5, 0.6) is 0 Å². The second-order valence-corrected chi connectivity index (χ2v) is 7.42. The Morgan fingerprint density at radius 1 is 1.31 bits per heavy atom. The van der Waals surface area contributed by atoms with Gasteiger partial charge in [-0.15, -0.1) is 13.2 Å². The Bertz CT molecular complexity index is 1170. The zero-order valence-corrected chi connectivity index (χ0v) is 17.3. The Kier molecular flexibility index (Phi) is 5.25. The molecule has 1 aromatic heterocycles. The third-order valence-corrected chi connectivity index (χ3v) is 4.81. The topological polar surface area (TPSA) is 78.4 Å². The monoisotopic (exact) mass is 451 g/mol. The molecule has 2 aliphatic heterocycles. The quantitative estimate of drug-likeness (QED) is 0.550. The molecule has 1 aromatic carbocycles. The number of hydrogen-bond donors (Lipinski definition) is 2. The van der Waals surface area contributed by atoms with Crippen molar-refractivity contribution in [1.82, 2.24) is 14.8 Å². The Labute approximate surface area is 180 Å². The standard InChI is InChI=1S/C20H18F4N6O2/c1-11-25-7-17(32-11)13-5-4-12(6-14(13)21)26-15-9-30(20(22,23)24)10-29-8-16(27-18(15)29)19(31)28(2)3/h4-9,26H,10H2,1-3H3/p+1. The molecule has 0 saturated heterocycles. The van der Waals surface area contributed by atoms with E-state index in [1.165, 1.54) is 43.5 Å². The number of amidine groups is 1. The third-order valence-electron chi connectivity index (χ3n) is 4.81. The molecule has 12 heteroatoms. The Morgan fingerprint density at radius 2 is 2.06 bits per heavy atom. The lowest BCUT2D eigenvalue weighted by atomic mass is 10.1. The summed E-state index contributed by atoms with van der Waals surface area (Å²) < 4.78 is 60.3. The lowest BCUT2D eigenvalue weighted by molar-refractivity contribution is -0.764. The minimum absolute atomic E-state index is 0.0101. The Balaban J connectivity index is 1.66. The summed E-state index contributed by atoms with van der Waals surface area (Å²) in [5.74, 6) is -0.270. The molecule has 0 aliphatic carbocycles. The van der Waals surface area contributed by atoms with Crippen LogP contribution in [0.1, 0.15) is 5.89 Å². The first-order valence-corrected chi connectivity index (χ1v) is 9.46. The van der Waals surface area contributed by atoms with Gasteiger partial charge in [0.15, 0.2) is 24.0 Å². The van der Waals surface area contributed by atoms with E-state index in [0.29, 0.717) is 5.89 Å². The number of aryl methyl sites for hydroxylation is 1. The average molecular weight is 451 g/mol. The number of hydrogen-bond acceptors (Lipinski definition) is 6. The van der Waals surface area contributed by atoms with Crippen LogP contribution in [0, 0.1) is 12.7 Å². The fourth-order valence-corrected chi connectivity index (χ4v) is 3.28. The lowest BCUT2D eigenvalue weighted by Gasteiger charge is -2.30. The van der Waals surface area contributed by atoms with Crippen LogP contribution in [-0.2, 0) is 4.79 Å². The number of quaternary nitrogens is 1. The van der Waals surface area contributed by atoms with Crippen LogP contribution in [0.15, 0.2) is 57.6 Å². The van der Waals surface area contributed by atoms with Gasteiger partial charge in [-0.1, -0.05) is 0 Å². The van der Waals surface area contributed by atoms with Crippen LogP contribution in [0.25, 0.3) is 11.3 Å². The molecular formula is C20H19F4N6O2+. The number of halogens is 4. The number of fused-ring (bicyclic) bond motifs is 1. The number of rotatable bonds is 4. The number of benzene rings is 1. The molecule has 8 nitrogen and oxygen atoms in total. The van der Waals surface area contributed by atoms with Crippen molar-refractivity contribution >= 4 is 17.4 Å². The minimum Gasteiger partial charge on any atom is -0.441 e. The van der Waals surface area contributed by atoms with Gasteiger partial charge < -0.3 is 14.6 Å². The van der Waals surface area contributed by atoms with E-state index >= 15 is 0 Å². The van der Waals surface area contributed by atoms with E-state index in [2.05, 4.69) is 15.3 Å². The van der Waals surface area contributed by atoms with E-state index in [1.54, 1.807) is 6.92 Å². The summed E-state index contributed by atoms with van der Waals surface area (Å²) in [6.07, 6.45) is -1.08. The normalized spacial score (nSPS) is 18.0. The zero-order valence-electron chi connectivity index (χ0n) is 17.3. The number of aliphatic imine (C=N–C) groups is 1. The van der Waals surface area contributed by atoms with Crippen molar-refractivity contribution in [2.75, 3.05) is 26.1 Å². The lowest BCUT2D eigenvalue weighted by Crippen LogP contribution is -3.12. The molecule has 1 atom stereocenters. The average Bonchev–Trinajstić information content (AvgIpc) is 3.33. The molecule has 3 heterocycles. The molecule has 1 unspecified atom stereocenters. The second kappa shape index (κ2) is 7.79. The number of nitrogens with one attached hydrogen (secondary N) is 2. The van der Waals surface area contributed by atoms with Crippen LogP contribution in [0.3, 0.4) is 0 Å². The molecule has 2 aromatic rings. The predicted octanol–water partition coefficient (Wildman–Crippen LogP) is 2.06. The van der Waals surface area contributed by atoms with Crippen molar-refractivity contribution in [3.8, 4) is 11.3 Å². The highest BCUT2D eigenvalue weighted by Gasteiger charge is 2.44. The number of alkyl halides is 3. The van der Waals surface area contributed by atoms with Gasteiger partial charge in [0.1, 0.15) is 17.7 Å². The Morgan fingerprint density at radius 3 is 2.66 bits per heavy atom. The van der Waals surface area contributed by atoms with E-state index in [9.17, 15) is 22.4 Å². The van der Waals surface area contributed by atoms with E-state index in [-0.39, 0.29) is 44.0 Å². The summed E-state index contributed by atoms with van der Waals surface area (Å²) in [6, 6.07) is 4.07. The molecule has 0 spiro atoms. The number of anilines is 1. The van der Waals surface area contributed by atoms with Crippen LogP contribution >= 0.6 is 0 Å². The van der Waals surface area contributed by atoms with Crippen molar-refractivity contribution in [3.63, 3.8) is 0 Å². The molecule has 0 fully saturated rings. The van der Waals surface area contributed by atoms with Crippen molar-refractivity contribution in [2.45, 2.75) is 13.2 Å². The maximum absolute atomic E-state index is 14.7. The largest absolute Gasteiger partial charge is 0.488 e. The fourth-order valence-electron chi connectivity index (χ4n) is 3.28. The summed E-state index contributed by atoms with van der Waals surface area (Å²) in [7, 11) is 3.04. The first-order chi connectivity index (χ1) is 15.0. The van der Waals surface area contributed by atoms with Crippen molar-refractivity contribution < 1.29 is 31.7 Å². The third kappa shape index (κ3) is 4.08. The van der Waals surface area contributed by atoms with Gasteiger partial charge >= 0.3 is 6.30 Å². The minimum atomic E-state index is -4.65. The van der Waals surface area contributed by atoms with Gasteiger partial charge in [-0.3, -0.25) is 4.79 Å². The number of carbonyl (C=O) groups excluding carboxylic acids is 1. The first kappa shape index (κ1) is 21.6. The zero-order chi connectivity index (χ0) is 23.2. The van der Waals surface area contributed by atoms with Gasteiger partial charge in [-0.2, -0.15) is 4.99 Å². The van der Waals surface area contributed by atoms with Gasteiger partial charge in [-0.05, 0) is 18.2 Å². The first-order valence-electron chi connectivity index (χ1n) is 9.46. The molecule has 2 N–H and O–H groups in total. The SMILES string of the molecule is Cc1ncc(-c2ccc(NC3=CN(C(F)(F)F)C[NH+]4C=C(C(=O)N(C)C)N=C34)cc2F)o1. The molecule has 0 saturated carbocycles.